The first-order valence-corrected chi connectivity index (χ1v) is 33.1. The molecule has 16 rings (SSSR count). The second-order valence-corrected chi connectivity index (χ2v) is 24.0. The molecule has 0 fully saturated rings. The number of nitrogens with zero attached hydrogens (tertiary/aromatic N) is 8. The van der Waals surface area contributed by atoms with Crippen LogP contribution in [0.15, 0.2) is 358 Å². The zero-order valence-corrected chi connectivity index (χ0v) is 55.1. The normalized spacial score (nSPS) is 10.8. The van der Waals surface area contributed by atoms with E-state index >= 15 is 0 Å². The summed E-state index contributed by atoms with van der Waals surface area (Å²) in [5.41, 5.74) is 24.5. The van der Waals surface area contributed by atoms with Crippen LogP contribution in [0.5, 0.6) is 0 Å². The van der Waals surface area contributed by atoms with Gasteiger partial charge in [-0.05, 0) is 117 Å². The Balaban J connectivity index is 0.000000127. The number of hydrogen-bond acceptors (Lipinski definition) is 8. The number of hydrogen-bond donors (Lipinski definition) is 0. The minimum atomic E-state index is 0.677. The second-order valence-electron chi connectivity index (χ2n) is 24.0. The van der Waals surface area contributed by atoms with Gasteiger partial charge in [0.25, 0.3) is 0 Å². The van der Waals surface area contributed by atoms with Gasteiger partial charge in [0.1, 0.15) is 11.6 Å². The first kappa shape index (κ1) is 63.4. The monoisotopic (exact) mass is 1270 g/mol. The van der Waals surface area contributed by atoms with E-state index in [9.17, 15) is 0 Å². The fraction of sp³-hybridized carbons (Fsp3) is 0.0330. The van der Waals surface area contributed by atoms with Gasteiger partial charge in [0.05, 0.1) is 5.69 Å². The lowest BCUT2D eigenvalue weighted by Crippen LogP contribution is -1.99. The van der Waals surface area contributed by atoms with Crippen LogP contribution >= 0.6 is 0 Å². The van der Waals surface area contributed by atoms with Crippen LogP contribution in [0.2, 0.25) is 0 Å². The first-order chi connectivity index (χ1) is 48.7. The Kier molecular flexibility index (Phi) is 19.3. The van der Waals surface area contributed by atoms with Crippen LogP contribution in [0.25, 0.3) is 146 Å². The molecule has 0 aliphatic rings. The molecule has 0 N–H and O–H groups in total. The molecule has 99 heavy (non-hydrogen) atoms. The molecule has 16 aromatic rings. The highest BCUT2D eigenvalue weighted by Gasteiger charge is 2.14. The van der Waals surface area contributed by atoms with Crippen LogP contribution < -0.4 is 0 Å². The molecule has 0 spiro atoms. The second kappa shape index (κ2) is 30.1. The van der Waals surface area contributed by atoms with Crippen molar-refractivity contribution in [3.63, 3.8) is 0 Å². The summed E-state index contributed by atoms with van der Waals surface area (Å²) in [7, 11) is 0. The van der Waals surface area contributed by atoms with Crippen LogP contribution in [-0.2, 0) is 0 Å². The van der Waals surface area contributed by atoms with Gasteiger partial charge in [-0.2, -0.15) is 0 Å². The van der Waals surface area contributed by atoms with Crippen molar-refractivity contribution < 1.29 is 0 Å². The van der Waals surface area contributed by atoms with E-state index < -0.39 is 0 Å². The summed E-state index contributed by atoms with van der Waals surface area (Å²) in [5, 5.41) is 0. The summed E-state index contributed by atoms with van der Waals surface area (Å²) in [5.74, 6) is 4.89. The van der Waals surface area contributed by atoms with Crippen molar-refractivity contribution in [3.05, 3.63) is 375 Å². The zero-order valence-electron chi connectivity index (χ0n) is 55.1. The van der Waals surface area contributed by atoms with Gasteiger partial charge in [0, 0.05) is 39.1 Å². The summed E-state index contributed by atoms with van der Waals surface area (Å²) < 4.78 is 0. The molecule has 0 unspecified atom stereocenters. The molecular weight excluding hydrogens is 1210 g/mol. The van der Waals surface area contributed by atoms with Gasteiger partial charge in [-0.25, -0.2) is 39.9 Å². The lowest BCUT2D eigenvalue weighted by Gasteiger charge is -2.09. The fourth-order valence-corrected chi connectivity index (χ4v) is 11.9. The van der Waals surface area contributed by atoms with Crippen molar-refractivity contribution in [2.24, 2.45) is 0 Å². The van der Waals surface area contributed by atoms with E-state index in [4.69, 9.17) is 15.0 Å². The van der Waals surface area contributed by atoms with Crippen molar-refractivity contribution in [2.45, 2.75) is 20.8 Å². The minimum Gasteiger partial charge on any atom is -0.233 e. The third-order valence-electron chi connectivity index (χ3n) is 17.1. The number of aromatic nitrogens is 8. The van der Waals surface area contributed by atoms with Crippen LogP contribution in [0, 0.1) is 20.8 Å². The number of aryl methyl sites for hydroxylation is 3. The Bertz CT molecular complexity index is 5210. The van der Waals surface area contributed by atoms with Crippen LogP contribution in [-0.4, -0.2) is 39.9 Å². The number of rotatable bonds is 13. The molecule has 0 bridgehead atoms. The maximum atomic E-state index is 4.85. The predicted octanol–water partition coefficient (Wildman–Crippen LogP) is 22.8. The van der Waals surface area contributed by atoms with E-state index in [-0.39, 0.29) is 0 Å². The molecule has 3 heterocycles. The highest BCUT2D eigenvalue weighted by Crippen LogP contribution is 2.33. The van der Waals surface area contributed by atoms with Gasteiger partial charge in [-0.15, -0.1) is 0 Å². The molecule has 472 valence electrons. The van der Waals surface area contributed by atoms with E-state index in [2.05, 4.69) is 304 Å². The van der Waals surface area contributed by atoms with Gasteiger partial charge in [0.2, 0.25) is 0 Å². The van der Waals surface area contributed by atoms with Crippen molar-refractivity contribution in [1.29, 1.82) is 0 Å². The number of benzene rings is 13. The van der Waals surface area contributed by atoms with Crippen molar-refractivity contribution in [2.75, 3.05) is 0 Å². The Morgan fingerprint density at radius 1 is 0.141 bits per heavy atom. The van der Waals surface area contributed by atoms with Gasteiger partial charge < -0.3 is 0 Å². The molecule has 0 radical (unpaired) electrons. The first-order valence-electron chi connectivity index (χ1n) is 33.1. The van der Waals surface area contributed by atoms with E-state index in [0.29, 0.717) is 34.9 Å². The molecule has 0 amide bonds. The van der Waals surface area contributed by atoms with Gasteiger partial charge >= 0.3 is 0 Å². The predicted molar refractivity (Wildman–Crippen MR) is 407 cm³/mol. The third kappa shape index (κ3) is 15.7. The van der Waals surface area contributed by atoms with Crippen LogP contribution in [0.3, 0.4) is 0 Å². The maximum Gasteiger partial charge on any atom is 0.163 e. The smallest absolute Gasteiger partial charge is 0.163 e. The van der Waals surface area contributed by atoms with Crippen molar-refractivity contribution in [3.8, 4) is 146 Å². The summed E-state index contributed by atoms with van der Waals surface area (Å²) in [4.78, 5) is 37.5. The summed E-state index contributed by atoms with van der Waals surface area (Å²) in [6.45, 7) is 5.84. The molecule has 8 heteroatoms. The molecular formula is C91H68N8. The molecule has 13 aromatic carbocycles. The van der Waals surface area contributed by atoms with E-state index in [1.54, 1.807) is 0 Å². The zero-order chi connectivity index (χ0) is 67.1. The summed E-state index contributed by atoms with van der Waals surface area (Å²) in [6.07, 6.45) is 0. The third-order valence-corrected chi connectivity index (χ3v) is 17.1. The maximum absolute atomic E-state index is 4.85. The standard InChI is InChI=1S/C34H25N3.C29H22N2.C28H21N3/c1-24-35-33(28-20-18-27(19-21-28)25-10-4-2-5-11-25)37-34(36-24)32-17-9-16-31(23-32)30-15-8-14-29(22-30)26-12-6-3-7-13-26;1-21-20-28(26-10-6-3-7-11-26)31-29(30-21)27-18-16-25(17-19-27)24-14-12-23(13-15-24)22-8-4-2-5-9-22;1-20-29-27(25-16-12-23(13-17-25)21-8-4-2-5-9-21)31-28(30-20)26-18-14-24(15-19-26)22-10-6-3-7-11-22/h2-23H,1H3;2-20H,1H3;2-19H,1H3. The summed E-state index contributed by atoms with van der Waals surface area (Å²) in [6, 6.07) is 124. The van der Waals surface area contributed by atoms with Gasteiger partial charge in [-0.1, -0.05) is 340 Å². The highest BCUT2D eigenvalue weighted by atomic mass is 15.0. The van der Waals surface area contributed by atoms with E-state index in [0.717, 1.165) is 61.7 Å². The Morgan fingerprint density at radius 3 is 0.646 bits per heavy atom. The van der Waals surface area contributed by atoms with Crippen molar-refractivity contribution >= 4 is 0 Å². The largest absolute Gasteiger partial charge is 0.233 e. The van der Waals surface area contributed by atoms with E-state index in [1.165, 1.54) is 66.8 Å². The lowest BCUT2D eigenvalue weighted by atomic mass is 9.98. The molecule has 0 saturated heterocycles. The Labute approximate surface area is 578 Å². The summed E-state index contributed by atoms with van der Waals surface area (Å²) >= 11 is 0. The van der Waals surface area contributed by atoms with Crippen LogP contribution in [0.4, 0.5) is 0 Å². The molecule has 0 aliphatic carbocycles. The molecule has 3 aromatic heterocycles. The average Bonchev–Trinajstić information content (AvgIpc) is 0.974. The fourth-order valence-electron chi connectivity index (χ4n) is 11.9. The minimum absolute atomic E-state index is 0.677. The van der Waals surface area contributed by atoms with Gasteiger partial charge in [0.15, 0.2) is 29.1 Å². The highest BCUT2D eigenvalue weighted by molar-refractivity contribution is 5.78. The van der Waals surface area contributed by atoms with Crippen molar-refractivity contribution in [1.82, 2.24) is 39.9 Å². The molecule has 0 atom stereocenters. The average molecular weight is 1270 g/mol. The van der Waals surface area contributed by atoms with Crippen LogP contribution in [0.1, 0.15) is 17.3 Å². The van der Waals surface area contributed by atoms with E-state index in [1.807, 2.05) is 99.6 Å². The molecule has 0 saturated carbocycles. The Hall–Kier alpha value is -13.0. The van der Waals surface area contributed by atoms with Gasteiger partial charge in [-0.3, -0.25) is 0 Å². The lowest BCUT2D eigenvalue weighted by molar-refractivity contribution is 0.991. The molecule has 0 aliphatic heterocycles. The SMILES string of the molecule is Cc1cc(-c2ccccc2)nc(-c2ccc(-c3ccc(-c4ccccc4)cc3)cc2)n1.Cc1nc(-c2ccc(-c3ccccc3)cc2)nc(-c2ccc(-c3ccccc3)cc2)n1.Cc1nc(-c2ccc(-c3ccccc3)cc2)nc(-c2cccc(-c3cccc(-c4ccccc4)c3)c2)n1. The Morgan fingerprint density at radius 2 is 0.343 bits per heavy atom. The quantitative estimate of drug-likeness (QED) is 0.112. The molecule has 8 nitrogen and oxygen atoms in total. The topological polar surface area (TPSA) is 103 Å².